The van der Waals surface area contributed by atoms with Gasteiger partial charge in [0, 0.05) is 3.57 Å². The average Bonchev–Trinajstić information content (AvgIpc) is 2.25. The van der Waals surface area contributed by atoms with Crippen LogP contribution in [-0.2, 0) is 0 Å². The van der Waals surface area contributed by atoms with Crippen LogP contribution in [0, 0.1) is 3.57 Å². The van der Waals surface area contributed by atoms with Crippen molar-refractivity contribution in [1.29, 1.82) is 0 Å². The number of halogens is 1. The first-order valence-electron chi connectivity index (χ1n) is 4.39. The van der Waals surface area contributed by atoms with Crippen LogP contribution in [0.1, 0.15) is 0 Å². The molecule has 1 heterocycles. The predicted octanol–water partition coefficient (Wildman–Crippen LogP) is 3.06. The third-order valence-corrected chi connectivity index (χ3v) is 2.53. The molecule has 0 aliphatic carbocycles. The first kappa shape index (κ1) is 10.2. The molecule has 2 N–H and O–H groups in total. The quantitative estimate of drug-likeness (QED) is 0.867. The topological polar surface area (TPSA) is 48.1 Å². The van der Waals surface area contributed by atoms with Gasteiger partial charge in [-0.15, -0.1) is 0 Å². The summed E-state index contributed by atoms with van der Waals surface area (Å²) in [7, 11) is 0. The van der Waals surface area contributed by atoms with Crippen molar-refractivity contribution in [2.24, 2.45) is 0 Å². The van der Waals surface area contributed by atoms with Gasteiger partial charge in [0.25, 0.3) is 0 Å². The number of nitrogens with two attached hydrogens (primary N) is 1. The Kier molecular flexibility index (Phi) is 3.05. The van der Waals surface area contributed by atoms with Crippen molar-refractivity contribution in [2.75, 3.05) is 5.73 Å². The zero-order valence-electron chi connectivity index (χ0n) is 7.85. The van der Waals surface area contributed by atoms with Gasteiger partial charge in [-0.2, -0.15) is 0 Å². The van der Waals surface area contributed by atoms with Gasteiger partial charge in [-0.25, -0.2) is 4.98 Å². The lowest BCUT2D eigenvalue weighted by Gasteiger charge is -2.04. The lowest BCUT2D eigenvalue weighted by atomic mass is 10.3. The Labute approximate surface area is 101 Å². The maximum absolute atomic E-state index is 5.57. The van der Waals surface area contributed by atoms with E-state index in [0.717, 1.165) is 5.75 Å². The van der Waals surface area contributed by atoms with E-state index in [-0.39, 0.29) is 0 Å². The largest absolute Gasteiger partial charge is 0.456 e. The molecule has 0 amide bonds. The van der Waals surface area contributed by atoms with Crippen molar-refractivity contribution in [3.63, 3.8) is 0 Å². The number of nitrogen functional groups attached to an aromatic ring is 1. The molecule has 1 aromatic carbocycles. The van der Waals surface area contributed by atoms with Crippen molar-refractivity contribution in [2.45, 2.75) is 0 Å². The fraction of sp³-hybridized carbons (Fsp3) is 0. The highest BCUT2D eigenvalue weighted by molar-refractivity contribution is 14.1. The summed E-state index contributed by atoms with van der Waals surface area (Å²) in [6.45, 7) is 0. The molecule has 0 unspecified atom stereocenters. The van der Waals surface area contributed by atoms with E-state index in [1.54, 1.807) is 18.3 Å². The van der Waals surface area contributed by atoms with Crippen LogP contribution in [0.5, 0.6) is 11.5 Å². The molecule has 0 saturated heterocycles. The minimum Gasteiger partial charge on any atom is -0.456 e. The van der Waals surface area contributed by atoms with Crippen LogP contribution in [-0.4, -0.2) is 4.98 Å². The summed E-state index contributed by atoms with van der Waals surface area (Å²) in [5.74, 6) is 1.97. The summed E-state index contributed by atoms with van der Waals surface area (Å²) < 4.78 is 6.74. The van der Waals surface area contributed by atoms with E-state index in [4.69, 9.17) is 10.5 Å². The maximum atomic E-state index is 5.57. The monoisotopic (exact) mass is 312 g/mol. The number of hydrogen-bond acceptors (Lipinski definition) is 3. The van der Waals surface area contributed by atoms with Gasteiger partial charge in [-0.3, -0.25) is 0 Å². The third kappa shape index (κ3) is 2.82. The van der Waals surface area contributed by atoms with Crippen molar-refractivity contribution >= 4 is 28.4 Å². The molecule has 2 rings (SSSR count). The molecule has 0 radical (unpaired) electrons. The molecule has 0 fully saturated rings. The molecule has 2 aromatic rings. The fourth-order valence-electron chi connectivity index (χ4n) is 1.09. The molecule has 0 spiro atoms. The first-order valence-corrected chi connectivity index (χ1v) is 5.47. The van der Waals surface area contributed by atoms with Gasteiger partial charge in [0.2, 0.25) is 0 Å². The van der Waals surface area contributed by atoms with Crippen LogP contribution in [0.15, 0.2) is 42.6 Å². The second kappa shape index (κ2) is 4.48. The highest BCUT2D eigenvalue weighted by atomic mass is 127. The van der Waals surface area contributed by atoms with Crippen molar-refractivity contribution in [3.8, 4) is 11.5 Å². The SMILES string of the molecule is Nc1ccc(Oc2ccc(I)cc2)cn1. The van der Waals surface area contributed by atoms with Crippen LogP contribution in [0.2, 0.25) is 0 Å². The Morgan fingerprint density at radius 1 is 1.00 bits per heavy atom. The van der Waals surface area contributed by atoms with E-state index in [9.17, 15) is 0 Å². The molecule has 0 aliphatic heterocycles. The predicted molar refractivity (Wildman–Crippen MR) is 67.9 cm³/mol. The molecule has 0 atom stereocenters. The summed E-state index contributed by atoms with van der Waals surface area (Å²) in [4.78, 5) is 3.94. The number of pyridine rings is 1. The van der Waals surface area contributed by atoms with Crippen LogP contribution < -0.4 is 10.5 Å². The number of benzene rings is 1. The molecule has 0 saturated carbocycles. The van der Waals surface area contributed by atoms with Gasteiger partial charge >= 0.3 is 0 Å². The number of nitrogens with zero attached hydrogens (tertiary/aromatic N) is 1. The standard InChI is InChI=1S/C11H9IN2O/c12-8-1-3-9(4-2-8)15-10-5-6-11(13)14-7-10/h1-7H,(H2,13,14). The molecule has 3 nitrogen and oxygen atoms in total. The Morgan fingerprint density at radius 2 is 1.67 bits per heavy atom. The minimum absolute atomic E-state index is 0.491. The van der Waals surface area contributed by atoms with Gasteiger partial charge in [0.15, 0.2) is 0 Å². The minimum atomic E-state index is 0.491. The molecule has 0 bridgehead atoms. The van der Waals surface area contributed by atoms with Crippen molar-refractivity contribution < 1.29 is 4.74 Å². The second-order valence-corrected chi connectivity index (χ2v) is 4.22. The van der Waals surface area contributed by atoms with E-state index in [1.807, 2.05) is 24.3 Å². The van der Waals surface area contributed by atoms with Crippen LogP contribution >= 0.6 is 22.6 Å². The molecule has 15 heavy (non-hydrogen) atoms. The van der Waals surface area contributed by atoms with Gasteiger partial charge in [0.05, 0.1) is 6.20 Å². The zero-order chi connectivity index (χ0) is 10.7. The summed E-state index contributed by atoms with van der Waals surface area (Å²) in [5, 5.41) is 0. The van der Waals surface area contributed by atoms with Crippen molar-refractivity contribution in [1.82, 2.24) is 4.98 Å². The van der Waals surface area contributed by atoms with E-state index >= 15 is 0 Å². The summed E-state index contributed by atoms with van der Waals surface area (Å²) in [6, 6.07) is 11.3. The lowest BCUT2D eigenvalue weighted by Crippen LogP contribution is -1.90. The van der Waals surface area contributed by atoms with E-state index in [2.05, 4.69) is 27.6 Å². The summed E-state index contributed by atoms with van der Waals surface area (Å²) in [5.41, 5.74) is 5.47. The summed E-state index contributed by atoms with van der Waals surface area (Å²) in [6.07, 6.45) is 1.60. The lowest BCUT2D eigenvalue weighted by molar-refractivity contribution is 0.480. The van der Waals surface area contributed by atoms with Gasteiger partial charge in [-0.1, -0.05) is 0 Å². The molecule has 4 heteroatoms. The van der Waals surface area contributed by atoms with Crippen LogP contribution in [0.3, 0.4) is 0 Å². The Balaban J connectivity index is 2.15. The van der Waals surface area contributed by atoms with E-state index in [1.165, 1.54) is 3.57 Å². The van der Waals surface area contributed by atoms with Gasteiger partial charge < -0.3 is 10.5 Å². The highest BCUT2D eigenvalue weighted by Crippen LogP contribution is 2.21. The molecule has 76 valence electrons. The number of anilines is 1. The number of rotatable bonds is 2. The van der Waals surface area contributed by atoms with E-state index < -0.39 is 0 Å². The zero-order valence-corrected chi connectivity index (χ0v) is 10.0. The number of aromatic nitrogens is 1. The first-order chi connectivity index (χ1) is 7.24. The third-order valence-electron chi connectivity index (χ3n) is 1.81. The molecule has 0 aliphatic rings. The van der Waals surface area contributed by atoms with Crippen LogP contribution in [0.4, 0.5) is 5.82 Å². The fourth-order valence-corrected chi connectivity index (χ4v) is 1.45. The Hall–Kier alpha value is -1.30. The smallest absolute Gasteiger partial charge is 0.145 e. The van der Waals surface area contributed by atoms with E-state index in [0.29, 0.717) is 11.6 Å². The summed E-state index contributed by atoms with van der Waals surface area (Å²) >= 11 is 2.25. The van der Waals surface area contributed by atoms with Crippen molar-refractivity contribution in [3.05, 3.63) is 46.2 Å². The molecular weight excluding hydrogens is 303 g/mol. The Morgan fingerprint density at radius 3 is 2.27 bits per heavy atom. The van der Waals surface area contributed by atoms with Gasteiger partial charge in [0.1, 0.15) is 17.3 Å². The maximum Gasteiger partial charge on any atom is 0.145 e. The second-order valence-electron chi connectivity index (χ2n) is 2.97. The van der Waals surface area contributed by atoms with Gasteiger partial charge in [-0.05, 0) is 59.0 Å². The molecule has 1 aromatic heterocycles. The number of ether oxygens (including phenoxy) is 1. The average molecular weight is 312 g/mol. The Bertz CT molecular complexity index is 396. The normalized spacial score (nSPS) is 9.93. The highest BCUT2D eigenvalue weighted by Gasteiger charge is 1.97. The van der Waals surface area contributed by atoms with Crippen LogP contribution in [0.25, 0.3) is 0 Å². The number of hydrogen-bond donors (Lipinski definition) is 1. The molecular formula is C11H9IN2O.